The van der Waals surface area contributed by atoms with E-state index in [0.717, 1.165) is 5.69 Å². The third kappa shape index (κ3) is 3.36. The van der Waals surface area contributed by atoms with Gasteiger partial charge in [-0.15, -0.1) is 22.9 Å². The molecule has 0 aliphatic carbocycles. The summed E-state index contributed by atoms with van der Waals surface area (Å²) in [5, 5.41) is 25.7. The van der Waals surface area contributed by atoms with Gasteiger partial charge in [0.15, 0.2) is 0 Å². The van der Waals surface area contributed by atoms with E-state index in [0.29, 0.717) is 16.3 Å². The minimum absolute atomic E-state index is 0.0335. The van der Waals surface area contributed by atoms with Gasteiger partial charge < -0.3 is 10.2 Å². The lowest BCUT2D eigenvalue weighted by Crippen LogP contribution is -1.94. The number of nitrogens with one attached hydrogen (secondary N) is 1. The highest BCUT2D eigenvalue weighted by molar-refractivity contribution is 7.13. The smallest absolute Gasteiger partial charge is 0.203 e. The lowest BCUT2D eigenvalue weighted by Gasteiger charge is -2.05. The third-order valence-electron chi connectivity index (χ3n) is 2.35. The van der Waals surface area contributed by atoms with E-state index in [1.165, 1.54) is 29.7 Å². The Morgan fingerprint density at radius 2 is 2.26 bits per heavy atom. The number of aromatic hydroxyl groups is 2. The molecular formula is C12H12ClN3O2S. The second kappa shape index (κ2) is 5.90. The first-order valence-corrected chi connectivity index (χ1v) is 6.83. The molecule has 1 aromatic heterocycles. The van der Waals surface area contributed by atoms with Gasteiger partial charge in [0.25, 0.3) is 0 Å². The number of hydrogen-bond donors (Lipinski definition) is 3. The Morgan fingerprint density at radius 1 is 1.47 bits per heavy atom. The van der Waals surface area contributed by atoms with E-state index in [9.17, 15) is 10.2 Å². The van der Waals surface area contributed by atoms with Crippen LogP contribution in [0.1, 0.15) is 16.8 Å². The van der Waals surface area contributed by atoms with Crippen LogP contribution in [0.25, 0.3) is 0 Å². The zero-order valence-electron chi connectivity index (χ0n) is 10.1. The number of anilines is 1. The van der Waals surface area contributed by atoms with Crippen molar-refractivity contribution in [2.45, 2.75) is 12.8 Å². The summed E-state index contributed by atoms with van der Waals surface area (Å²) in [7, 11) is 0. The third-order valence-corrected chi connectivity index (χ3v) is 3.50. The van der Waals surface area contributed by atoms with Crippen LogP contribution in [0, 0.1) is 6.92 Å². The minimum Gasteiger partial charge on any atom is -0.508 e. The predicted molar refractivity (Wildman–Crippen MR) is 77.4 cm³/mol. The molecule has 0 aliphatic rings. The Kier molecular flexibility index (Phi) is 4.24. The van der Waals surface area contributed by atoms with Crippen molar-refractivity contribution < 1.29 is 10.2 Å². The fraction of sp³-hybridized carbons (Fsp3) is 0.167. The van der Waals surface area contributed by atoms with Crippen molar-refractivity contribution in [1.29, 1.82) is 0 Å². The molecule has 19 heavy (non-hydrogen) atoms. The number of alkyl halides is 1. The first-order valence-electron chi connectivity index (χ1n) is 5.42. The number of thiazole rings is 1. The molecular weight excluding hydrogens is 286 g/mol. The molecule has 1 aromatic carbocycles. The molecule has 0 atom stereocenters. The van der Waals surface area contributed by atoms with Gasteiger partial charge in [0.1, 0.15) is 11.5 Å². The van der Waals surface area contributed by atoms with Gasteiger partial charge in [-0.1, -0.05) is 0 Å². The Bertz CT molecular complexity index is 613. The Hall–Kier alpha value is -1.79. The van der Waals surface area contributed by atoms with Crippen molar-refractivity contribution in [1.82, 2.24) is 4.98 Å². The van der Waals surface area contributed by atoms with Gasteiger partial charge >= 0.3 is 0 Å². The number of aryl methyl sites for hydroxylation is 1. The number of nitrogens with zero attached hydrogens (tertiary/aromatic N) is 2. The van der Waals surface area contributed by atoms with E-state index >= 15 is 0 Å². The summed E-state index contributed by atoms with van der Waals surface area (Å²) < 4.78 is 0. The predicted octanol–water partition coefficient (Wildman–Crippen LogP) is 3.05. The average Bonchev–Trinajstić information content (AvgIpc) is 2.77. The van der Waals surface area contributed by atoms with Gasteiger partial charge in [-0.25, -0.2) is 4.98 Å². The van der Waals surface area contributed by atoms with Crippen LogP contribution in [0.2, 0.25) is 0 Å². The highest BCUT2D eigenvalue weighted by atomic mass is 35.5. The van der Waals surface area contributed by atoms with Gasteiger partial charge in [0.05, 0.1) is 11.9 Å². The first kappa shape index (κ1) is 13.6. The van der Waals surface area contributed by atoms with Crippen LogP contribution >= 0.6 is 22.9 Å². The topological polar surface area (TPSA) is 77.7 Å². The van der Waals surface area contributed by atoms with Crippen LogP contribution in [0.5, 0.6) is 11.5 Å². The maximum atomic E-state index is 9.75. The molecule has 0 radical (unpaired) electrons. The minimum atomic E-state index is -0.0727. The van der Waals surface area contributed by atoms with Gasteiger partial charge in [0.2, 0.25) is 5.13 Å². The molecule has 0 spiro atoms. The zero-order valence-corrected chi connectivity index (χ0v) is 11.7. The molecule has 7 heteroatoms. The van der Waals surface area contributed by atoms with Crippen LogP contribution in [0.15, 0.2) is 22.6 Å². The van der Waals surface area contributed by atoms with Crippen molar-refractivity contribution in [3.63, 3.8) is 0 Å². The van der Waals surface area contributed by atoms with Gasteiger partial charge in [-0.3, -0.25) is 5.43 Å². The van der Waals surface area contributed by atoms with E-state index in [2.05, 4.69) is 15.5 Å². The number of hydrazone groups is 1. The highest BCUT2D eigenvalue weighted by Crippen LogP contribution is 2.27. The number of phenols is 2. The fourth-order valence-corrected chi connectivity index (χ4v) is 2.36. The van der Waals surface area contributed by atoms with Crippen LogP contribution in [-0.2, 0) is 5.88 Å². The van der Waals surface area contributed by atoms with Gasteiger partial charge in [-0.05, 0) is 18.6 Å². The van der Waals surface area contributed by atoms with Crippen molar-refractivity contribution >= 4 is 34.3 Å². The SMILES string of the molecule is Cc1csc(NN=Cc2c(O)cc(O)cc2CCl)n1. The maximum absolute atomic E-state index is 9.75. The summed E-state index contributed by atoms with van der Waals surface area (Å²) in [4.78, 5) is 4.19. The number of halogens is 1. The number of hydrogen-bond acceptors (Lipinski definition) is 6. The van der Waals surface area contributed by atoms with E-state index < -0.39 is 0 Å². The normalized spacial score (nSPS) is 11.1. The quantitative estimate of drug-likeness (QED) is 0.460. The van der Waals surface area contributed by atoms with Crippen LogP contribution in [0.4, 0.5) is 5.13 Å². The molecule has 0 fully saturated rings. The lowest BCUT2D eigenvalue weighted by molar-refractivity contribution is 0.449. The molecule has 1 heterocycles. The molecule has 5 nitrogen and oxygen atoms in total. The standard InChI is InChI=1S/C12H12ClN3O2S/c1-7-6-19-12(15-7)16-14-5-10-8(4-13)2-9(17)3-11(10)18/h2-3,5-6,17-18H,4H2,1H3,(H,15,16). The van der Waals surface area contributed by atoms with Gasteiger partial charge in [0, 0.05) is 22.9 Å². The summed E-state index contributed by atoms with van der Waals surface area (Å²) in [6.07, 6.45) is 1.45. The maximum Gasteiger partial charge on any atom is 0.203 e. The molecule has 0 bridgehead atoms. The monoisotopic (exact) mass is 297 g/mol. The first-order chi connectivity index (χ1) is 9.10. The number of phenolic OH excluding ortho intramolecular Hbond substituents is 2. The summed E-state index contributed by atoms with van der Waals surface area (Å²) in [6, 6.07) is 2.73. The molecule has 2 rings (SSSR count). The Labute approximate surface area is 119 Å². The lowest BCUT2D eigenvalue weighted by atomic mass is 10.1. The molecule has 0 aliphatic heterocycles. The van der Waals surface area contributed by atoms with Gasteiger partial charge in [-0.2, -0.15) is 5.10 Å². The van der Waals surface area contributed by atoms with Crippen molar-refractivity contribution in [2.24, 2.45) is 5.10 Å². The number of benzene rings is 1. The molecule has 3 N–H and O–H groups in total. The highest BCUT2D eigenvalue weighted by Gasteiger charge is 2.07. The van der Waals surface area contributed by atoms with Crippen molar-refractivity contribution in [3.05, 3.63) is 34.3 Å². The van der Waals surface area contributed by atoms with E-state index in [1.807, 2.05) is 12.3 Å². The van der Waals surface area contributed by atoms with Crippen LogP contribution < -0.4 is 5.43 Å². The van der Waals surface area contributed by atoms with Crippen LogP contribution in [0.3, 0.4) is 0 Å². The van der Waals surface area contributed by atoms with Crippen LogP contribution in [-0.4, -0.2) is 21.4 Å². The summed E-state index contributed by atoms with van der Waals surface area (Å²) in [5.74, 6) is 0.0602. The molecule has 0 saturated carbocycles. The second-order valence-corrected chi connectivity index (χ2v) is 4.96. The molecule has 100 valence electrons. The summed E-state index contributed by atoms with van der Waals surface area (Å²) >= 11 is 7.20. The molecule has 0 unspecified atom stereocenters. The average molecular weight is 298 g/mol. The molecule has 0 amide bonds. The van der Waals surface area contributed by atoms with Crippen molar-refractivity contribution in [3.8, 4) is 11.5 Å². The van der Waals surface area contributed by atoms with E-state index in [-0.39, 0.29) is 17.4 Å². The summed E-state index contributed by atoms with van der Waals surface area (Å²) in [5.41, 5.74) is 4.74. The van der Waals surface area contributed by atoms with Crippen molar-refractivity contribution in [2.75, 3.05) is 5.43 Å². The largest absolute Gasteiger partial charge is 0.508 e. The zero-order chi connectivity index (χ0) is 13.8. The summed E-state index contributed by atoms with van der Waals surface area (Å²) in [6.45, 7) is 1.89. The Balaban J connectivity index is 2.18. The molecule has 0 saturated heterocycles. The van der Waals surface area contributed by atoms with E-state index in [4.69, 9.17) is 11.6 Å². The fourth-order valence-electron chi connectivity index (χ4n) is 1.50. The number of aromatic nitrogens is 1. The molecule has 2 aromatic rings. The van der Waals surface area contributed by atoms with E-state index in [1.54, 1.807) is 0 Å². The number of rotatable bonds is 4. The Morgan fingerprint density at radius 3 is 2.89 bits per heavy atom. The second-order valence-electron chi connectivity index (χ2n) is 3.84.